The minimum absolute atomic E-state index is 0.357. The predicted octanol–water partition coefficient (Wildman–Crippen LogP) is 3.14. The van der Waals surface area contributed by atoms with Gasteiger partial charge in [0.2, 0.25) is 0 Å². The molecule has 1 N–H and O–H groups in total. The Morgan fingerprint density at radius 1 is 1.32 bits per heavy atom. The lowest BCUT2D eigenvalue weighted by atomic mass is 10.2. The Kier molecular flexibility index (Phi) is 3.46. The maximum absolute atomic E-state index is 12.4. The molecule has 0 spiro atoms. The summed E-state index contributed by atoms with van der Waals surface area (Å²) in [5.74, 6) is 0.357. The van der Waals surface area contributed by atoms with Gasteiger partial charge in [-0.3, -0.25) is 4.68 Å². The Hall–Kier alpha value is -2.05. The number of anilines is 2. The van der Waals surface area contributed by atoms with Crippen LogP contribution in [0.5, 0.6) is 0 Å². The van der Waals surface area contributed by atoms with Gasteiger partial charge in [0.1, 0.15) is 5.82 Å². The second kappa shape index (κ2) is 4.91. The number of hydrogen-bond acceptors (Lipinski definition) is 3. The van der Waals surface area contributed by atoms with Crippen molar-refractivity contribution < 1.29 is 13.2 Å². The van der Waals surface area contributed by atoms with Crippen LogP contribution in [0.4, 0.5) is 24.7 Å². The van der Waals surface area contributed by atoms with Crippen molar-refractivity contribution >= 4 is 11.5 Å². The molecule has 0 radical (unpaired) electrons. The zero-order valence-electron chi connectivity index (χ0n) is 10.5. The van der Waals surface area contributed by atoms with Crippen molar-refractivity contribution in [3.05, 3.63) is 35.8 Å². The maximum Gasteiger partial charge on any atom is 0.417 e. The molecule has 0 fully saturated rings. The minimum atomic E-state index is -4.37. The molecule has 0 bridgehead atoms. The molecule has 0 aliphatic rings. The van der Waals surface area contributed by atoms with Gasteiger partial charge in [0, 0.05) is 19.4 Å². The molecule has 0 saturated carbocycles. The van der Waals surface area contributed by atoms with Gasteiger partial charge < -0.3 is 5.32 Å². The van der Waals surface area contributed by atoms with Gasteiger partial charge in [-0.15, -0.1) is 0 Å². The first-order valence-electron chi connectivity index (χ1n) is 5.73. The quantitative estimate of drug-likeness (QED) is 0.931. The fraction of sp³-hybridized carbons (Fsp3) is 0.333. The highest BCUT2D eigenvalue weighted by Gasteiger charge is 2.30. The highest BCUT2D eigenvalue weighted by atomic mass is 19.4. The Morgan fingerprint density at radius 2 is 2.05 bits per heavy atom. The van der Waals surface area contributed by atoms with Crippen molar-refractivity contribution in [3.8, 4) is 0 Å². The number of pyridine rings is 1. The van der Waals surface area contributed by atoms with Gasteiger partial charge in [-0.2, -0.15) is 18.3 Å². The van der Waals surface area contributed by atoms with Crippen LogP contribution in [0.3, 0.4) is 0 Å². The van der Waals surface area contributed by atoms with E-state index in [0.29, 0.717) is 5.82 Å². The van der Waals surface area contributed by atoms with E-state index in [-0.39, 0.29) is 0 Å². The van der Waals surface area contributed by atoms with E-state index in [4.69, 9.17) is 0 Å². The van der Waals surface area contributed by atoms with E-state index in [0.717, 1.165) is 30.1 Å². The number of nitrogens with one attached hydrogen (secondary N) is 1. The van der Waals surface area contributed by atoms with E-state index in [1.165, 1.54) is 6.07 Å². The van der Waals surface area contributed by atoms with Crippen LogP contribution < -0.4 is 5.32 Å². The summed E-state index contributed by atoms with van der Waals surface area (Å²) in [7, 11) is 1.78. The molecule has 19 heavy (non-hydrogen) atoms. The van der Waals surface area contributed by atoms with Gasteiger partial charge in [0.05, 0.1) is 16.9 Å². The van der Waals surface area contributed by atoms with E-state index < -0.39 is 11.7 Å². The van der Waals surface area contributed by atoms with Crippen LogP contribution >= 0.6 is 0 Å². The fourth-order valence-corrected chi connectivity index (χ4v) is 1.67. The molecular weight excluding hydrogens is 257 g/mol. The topological polar surface area (TPSA) is 42.7 Å². The second-order valence-corrected chi connectivity index (χ2v) is 4.07. The standard InChI is InChI=1S/C12H13F3N4/c1-3-9-10(7-19(2)18-9)17-11-5-4-8(6-16-11)12(13,14)15/h4-7H,3H2,1-2H3,(H,16,17). The van der Waals surface area contributed by atoms with Crippen molar-refractivity contribution in [1.29, 1.82) is 0 Å². The number of hydrogen-bond donors (Lipinski definition) is 1. The largest absolute Gasteiger partial charge is 0.417 e. The average Bonchev–Trinajstić information content (AvgIpc) is 2.69. The second-order valence-electron chi connectivity index (χ2n) is 4.07. The van der Waals surface area contributed by atoms with E-state index in [2.05, 4.69) is 15.4 Å². The van der Waals surface area contributed by atoms with Crippen LogP contribution in [0, 0.1) is 0 Å². The van der Waals surface area contributed by atoms with E-state index in [9.17, 15) is 13.2 Å². The Bertz CT molecular complexity index is 557. The molecular formula is C12H13F3N4. The third-order valence-electron chi connectivity index (χ3n) is 2.59. The number of aryl methyl sites for hydroxylation is 2. The molecule has 7 heteroatoms. The van der Waals surface area contributed by atoms with E-state index in [1.54, 1.807) is 17.9 Å². The van der Waals surface area contributed by atoms with Crippen LogP contribution in [-0.2, 0) is 19.6 Å². The summed E-state index contributed by atoms with van der Waals surface area (Å²) in [6.45, 7) is 1.95. The Labute approximate surface area is 108 Å². The lowest BCUT2D eigenvalue weighted by molar-refractivity contribution is -0.137. The van der Waals surface area contributed by atoms with Crippen LogP contribution in [0.1, 0.15) is 18.2 Å². The van der Waals surface area contributed by atoms with Crippen molar-refractivity contribution in [2.75, 3.05) is 5.32 Å². The lowest BCUT2D eigenvalue weighted by Gasteiger charge is -2.08. The number of halogens is 3. The zero-order valence-corrected chi connectivity index (χ0v) is 10.5. The van der Waals surface area contributed by atoms with Crippen molar-refractivity contribution in [3.63, 3.8) is 0 Å². The molecule has 0 amide bonds. The molecule has 2 aromatic heterocycles. The smallest absolute Gasteiger partial charge is 0.337 e. The summed E-state index contributed by atoms with van der Waals surface area (Å²) in [5, 5.41) is 7.19. The van der Waals surface area contributed by atoms with Gasteiger partial charge in [-0.1, -0.05) is 6.92 Å². The maximum atomic E-state index is 12.4. The first-order chi connectivity index (χ1) is 8.90. The molecule has 0 aliphatic heterocycles. The summed E-state index contributed by atoms with van der Waals surface area (Å²) in [5.41, 5.74) is 0.821. The fourth-order valence-electron chi connectivity index (χ4n) is 1.67. The third-order valence-corrected chi connectivity index (χ3v) is 2.59. The van der Waals surface area contributed by atoms with Gasteiger partial charge in [-0.05, 0) is 18.6 Å². The summed E-state index contributed by atoms with van der Waals surface area (Å²) in [6.07, 6.45) is -1.07. The minimum Gasteiger partial charge on any atom is -0.337 e. The molecule has 0 saturated heterocycles. The molecule has 0 unspecified atom stereocenters. The van der Waals surface area contributed by atoms with Gasteiger partial charge in [0.25, 0.3) is 0 Å². The van der Waals surface area contributed by atoms with Crippen molar-refractivity contribution in [2.24, 2.45) is 7.05 Å². The molecule has 0 aromatic carbocycles. The van der Waals surface area contributed by atoms with E-state index >= 15 is 0 Å². The SMILES string of the molecule is CCc1nn(C)cc1Nc1ccc(C(F)(F)F)cn1. The molecule has 0 atom stereocenters. The van der Waals surface area contributed by atoms with E-state index in [1.807, 2.05) is 6.92 Å². The highest BCUT2D eigenvalue weighted by Crippen LogP contribution is 2.29. The van der Waals surface area contributed by atoms with Crippen LogP contribution in [0.2, 0.25) is 0 Å². The van der Waals surface area contributed by atoms with Crippen molar-refractivity contribution in [1.82, 2.24) is 14.8 Å². The summed E-state index contributed by atoms with van der Waals surface area (Å²) < 4.78 is 38.8. The molecule has 4 nitrogen and oxygen atoms in total. The average molecular weight is 270 g/mol. The molecule has 2 aromatic rings. The number of alkyl halides is 3. The normalized spacial score (nSPS) is 11.6. The number of rotatable bonds is 3. The Balaban J connectivity index is 2.19. The van der Waals surface area contributed by atoms with Crippen LogP contribution in [0.15, 0.2) is 24.5 Å². The molecule has 2 rings (SSSR count). The third kappa shape index (κ3) is 3.04. The zero-order chi connectivity index (χ0) is 14.0. The summed E-state index contributed by atoms with van der Waals surface area (Å²) >= 11 is 0. The van der Waals surface area contributed by atoms with Gasteiger partial charge >= 0.3 is 6.18 Å². The first-order valence-corrected chi connectivity index (χ1v) is 5.73. The number of aromatic nitrogens is 3. The predicted molar refractivity (Wildman–Crippen MR) is 65.1 cm³/mol. The molecule has 2 heterocycles. The molecule has 102 valence electrons. The van der Waals surface area contributed by atoms with Crippen molar-refractivity contribution in [2.45, 2.75) is 19.5 Å². The molecule has 0 aliphatic carbocycles. The summed E-state index contributed by atoms with van der Waals surface area (Å²) in [4.78, 5) is 3.76. The summed E-state index contributed by atoms with van der Waals surface area (Å²) in [6, 6.07) is 2.30. The number of nitrogens with zero attached hydrogens (tertiary/aromatic N) is 3. The highest BCUT2D eigenvalue weighted by molar-refractivity contribution is 5.58. The first kappa shape index (κ1) is 13.4. The van der Waals surface area contributed by atoms with Crippen LogP contribution in [-0.4, -0.2) is 14.8 Å². The van der Waals surface area contributed by atoms with Gasteiger partial charge in [-0.25, -0.2) is 4.98 Å². The van der Waals surface area contributed by atoms with Gasteiger partial charge in [0.15, 0.2) is 0 Å². The lowest BCUT2D eigenvalue weighted by Crippen LogP contribution is -2.06. The Morgan fingerprint density at radius 3 is 2.58 bits per heavy atom. The van der Waals surface area contributed by atoms with Crippen LogP contribution in [0.25, 0.3) is 0 Å². The monoisotopic (exact) mass is 270 g/mol.